The molecule has 2 aromatic carbocycles. The monoisotopic (exact) mass is 426 g/mol. The van der Waals surface area contributed by atoms with Crippen LogP contribution in [0.1, 0.15) is 64.7 Å². The average molecular weight is 427 g/mol. The highest BCUT2D eigenvalue weighted by Crippen LogP contribution is 2.45. The van der Waals surface area contributed by atoms with Crippen LogP contribution in [0, 0.1) is 23.2 Å². The summed E-state index contributed by atoms with van der Waals surface area (Å²) in [7, 11) is 4.06. The highest BCUT2D eigenvalue weighted by Gasteiger charge is 2.45. The van der Waals surface area contributed by atoms with E-state index in [0.29, 0.717) is 17.9 Å². The number of nitriles is 1. The molecule has 1 heterocycles. The molecule has 5 heteroatoms. The van der Waals surface area contributed by atoms with Gasteiger partial charge in [-0.05, 0) is 81.1 Å². The number of hydrogen-bond donors (Lipinski definition) is 0. The molecule has 5 rings (SSSR count). The lowest BCUT2D eigenvalue weighted by Crippen LogP contribution is -2.40. The summed E-state index contributed by atoms with van der Waals surface area (Å²) < 4.78 is 0. The molecule has 0 amide bonds. The summed E-state index contributed by atoms with van der Waals surface area (Å²) in [5.74, 6) is 1.06. The zero-order chi connectivity index (χ0) is 22.2. The van der Waals surface area contributed by atoms with Crippen molar-refractivity contribution in [2.24, 2.45) is 16.9 Å². The van der Waals surface area contributed by atoms with Gasteiger partial charge in [0.2, 0.25) is 0 Å². The van der Waals surface area contributed by atoms with Crippen LogP contribution >= 0.6 is 0 Å². The van der Waals surface area contributed by atoms with Gasteiger partial charge in [-0.15, -0.1) is 0 Å². The van der Waals surface area contributed by atoms with Gasteiger partial charge in [-0.25, -0.2) is 0 Å². The lowest BCUT2D eigenvalue weighted by molar-refractivity contribution is 0.112. The van der Waals surface area contributed by atoms with Crippen molar-refractivity contribution in [1.29, 1.82) is 5.26 Å². The highest BCUT2D eigenvalue weighted by atomic mass is 16.1. The quantitative estimate of drug-likeness (QED) is 0.646. The molecule has 0 saturated heterocycles. The Morgan fingerprint density at radius 1 is 1.16 bits per heavy atom. The number of benzene rings is 2. The van der Waals surface area contributed by atoms with Gasteiger partial charge in [-0.2, -0.15) is 10.4 Å². The maximum Gasteiger partial charge on any atom is 0.150 e. The molecule has 0 bridgehead atoms. The number of nitrogens with zero attached hydrogens (tertiary/aromatic N) is 4. The zero-order valence-electron chi connectivity index (χ0n) is 18.9. The van der Waals surface area contributed by atoms with Gasteiger partial charge in [0, 0.05) is 23.6 Å². The number of rotatable bonds is 5. The topological polar surface area (TPSA) is 59.7 Å². The zero-order valence-corrected chi connectivity index (χ0v) is 18.9. The summed E-state index contributed by atoms with van der Waals surface area (Å²) in [6.45, 7) is 0.732. The second kappa shape index (κ2) is 8.52. The van der Waals surface area contributed by atoms with E-state index in [9.17, 15) is 10.1 Å². The maximum atomic E-state index is 11.3. The number of anilines is 1. The third kappa shape index (κ3) is 3.63. The summed E-state index contributed by atoms with van der Waals surface area (Å²) in [5, 5.41) is 17.1. The van der Waals surface area contributed by atoms with Crippen LogP contribution in [0.4, 0.5) is 5.69 Å². The summed E-state index contributed by atoms with van der Waals surface area (Å²) >= 11 is 0. The number of fused-ring (bicyclic) bond motifs is 3. The third-order valence-electron chi connectivity index (χ3n) is 7.37. The number of aldehydes is 1. The largest absolute Gasteiger partial charge is 0.305 e. The Bertz CT molecular complexity index is 1110. The minimum absolute atomic E-state index is 0.367. The molecule has 2 aromatic rings. The number of hydrazone groups is 1. The van der Waals surface area contributed by atoms with E-state index in [1.54, 1.807) is 0 Å². The molecule has 164 valence electrons. The average Bonchev–Trinajstić information content (AvgIpc) is 3.45. The molecule has 32 heavy (non-hydrogen) atoms. The number of carbonyl (C=O) groups excluding carboxylic acids is 1. The molecule has 0 N–H and O–H groups in total. The van der Waals surface area contributed by atoms with Crippen molar-refractivity contribution in [3.8, 4) is 6.07 Å². The number of hydrogen-bond acceptors (Lipinski definition) is 5. The van der Waals surface area contributed by atoms with E-state index < -0.39 is 0 Å². The molecule has 2 aliphatic carbocycles. The number of carbonyl (C=O) groups is 1. The van der Waals surface area contributed by atoms with Crippen LogP contribution in [0.25, 0.3) is 0 Å². The molecule has 0 aromatic heterocycles. The molecule has 2 unspecified atom stereocenters. The van der Waals surface area contributed by atoms with Crippen LogP contribution in [0.15, 0.2) is 41.5 Å². The lowest BCUT2D eigenvalue weighted by atomic mass is 9.75. The maximum absolute atomic E-state index is 11.3. The second-order valence-corrected chi connectivity index (χ2v) is 9.74. The molecule has 3 aliphatic rings. The van der Waals surface area contributed by atoms with Crippen molar-refractivity contribution >= 4 is 17.7 Å². The first-order chi connectivity index (χ1) is 15.6. The molecule has 1 aliphatic heterocycles. The Morgan fingerprint density at radius 3 is 2.69 bits per heavy atom. The fourth-order valence-corrected chi connectivity index (χ4v) is 5.97. The fraction of sp³-hybridized carbons (Fsp3) is 0.444. The van der Waals surface area contributed by atoms with Gasteiger partial charge in [-0.1, -0.05) is 25.0 Å². The number of aryl methyl sites for hydroxylation is 1. The van der Waals surface area contributed by atoms with Gasteiger partial charge in [0.1, 0.15) is 6.29 Å². The van der Waals surface area contributed by atoms with E-state index in [-0.39, 0.29) is 0 Å². The van der Waals surface area contributed by atoms with Crippen molar-refractivity contribution in [2.45, 2.75) is 51.1 Å². The minimum atomic E-state index is 0.367. The first kappa shape index (κ1) is 20.9. The van der Waals surface area contributed by atoms with E-state index in [4.69, 9.17) is 5.10 Å². The summed E-state index contributed by atoms with van der Waals surface area (Å²) in [5.41, 5.74) is 7.24. The Hall–Kier alpha value is -2.97. The SMILES string of the molecule is CN(C)Cc1cc(N2N=C3c4ccc(C=O)cc4CCC3C2C2CCCC2)ccc1C#N. The molecule has 5 nitrogen and oxygen atoms in total. The van der Waals surface area contributed by atoms with Gasteiger partial charge in [-0.3, -0.25) is 9.80 Å². The molecule has 1 saturated carbocycles. The Balaban J connectivity index is 1.59. The van der Waals surface area contributed by atoms with Crippen LogP contribution in [0.2, 0.25) is 0 Å². The van der Waals surface area contributed by atoms with Crippen molar-refractivity contribution in [2.75, 3.05) is 19.1 Å². The molecule has 0 spiro atoms. The predicted molar refractivity (Wildman–Crippen MR) is 127 cm³/mol. The van der Waals surface area contributed by atoms with Gasteiger partial charge in [0.25, 0.3) is 0 Å². The molecular weight excluding hydrogens is 396 g/mol. The lowest BCUT2D eigenvalue weighted by Gasteiger charge is -2.34. The molecule has 1 fully saturated rings. The fourth-order valence-electron chi connectivity index (χ4n) is 5.97. The van der Waals surface area contributed by atoms with Crippen molar-refractivity contribution < 1.29 is 4.79 Å². The Kier molecular flexibility index (Phi) is 5.57. The van der Waals surface area contributed by atoms with Gasteiger partial charge in [0.15, 0.2) is 0 Å². The van der Waals surface area contributed by atoms with Gasteiger partial charge >= 0.3 is 0 Å². The van der Waals surface area contributed by atoms with Crippen LogP contribution in [0.5, 0.6) is 0 Å². The van der Waals surface area contributed by atoms with Crippen LogP contribution in [-0.4, -0.2) is 37.0 Å². The Labute approximate surface area is 190 Å². The minimum Gasteiger partial charge on any atom is -0.305 e. The normalized spacial score (nSPS) is 22.4. The first-order valence-electron chi connectivity index (χ1n) is 11.7. The summed E-state index contributed by atoms with van der Waals surface area (Å²) in [4.78, 5) is 13.4. The summed E-state index contributed by atoms with van der Waals surface area (Å²) in [6, 6.07) is 14.9. The standard InChI is InChI=1S/C27H30N4O/c1-30(2)16-22-14-23(10-8-21(22)15-28)31-27(19-5-3-4-6-19)25-12-9-20-13-18(17-32)7-11-24(20)26(25)29-31/h7-8,10-11,13-14,17,19,25,27H,3-6,9,12,16H2,1-2H3. The smallest absolute Gasteiger partial charge is 0.150 e. The van der Waals surface area contributed by atoms with Crippen molar-refractivity contribution in [1.82, 2.24) is 4.90 Å². The Morgan fingerprint density at radius 2 is 1.97 bits per heavy atom. The van der Waals surface area contributed by atoms with Gasteiger partial charge in [0.05, 0.1) is 29.1 Å². The second-order valence-electron chi connectivity index (χ2n) is 9.74. The predicted octanol–water partition coefficient (Wildman–Crippen LogP) is 4.78. The van der Waals surface area contributed by atoms with Crippen LogP contribution < -0.4 is 5.01 Å². The van der Waals surface area contributed by atoms with E-state index in [0.717, 1.165) is 48.1 Å². The van der Waals surface area contributed by atoms with E-state index in [1.807, 2.05) is 32.3 Å². The molecule has 0 radical (unpaired) electrons. The molecular formula is C27H30N4O. The van der Waals surface area contributed by atoms with E-state index in [2.05, 4.69) is 34.2 Å². The van der Waals surface area contributed by atoms with Crippen molar-refractivity contribution in [3.63, 3.8) is 0 Å². The first-order valence-corrected chi connectivity index (χ1v) is 11.7. The van der Waals surface area contributed by atoms with E-state index >= 15 is 0 Å². The van der Waals surface area contributed by atoms with Crippen molar-refractivity contribution in [3.05, 3.63) is 64.2 Å². The van der Waals surface area contributed by atoms with Gasteiger partial charge < -0.3 is 4.90 Å². The van der Waals surface area contributed by atoms with E-state index in [1.165, 1.54) is 42.5 Å². The third-order valence-corrected chi connectivity index (χ3v) is 7.37. The van der Waals surface area contributed by atoms with Crippen LogP contribution in [-0.2, 0) is 13.0 Å². The molecule has 2 atom stereocenters. The van der Waals surface area contributed by atoms with Crippen LogP contribution in [0.3, 0.4) is 0 Å². The highest BCUT2D eigenvalue weighted by molar-refractivity contribution is 6.07. The summed E-state index contributed by atoms with van der Waals surface area (Å²) in [6.07, 6.45) is 8.13.